The lowest BCUT2D eigenvalue weighted by Crippen LogP contribution is -2.37. The number of carbonyl (C=O) groups is 1. The van der Waals surface area contributed by atoms with Gasteiger partial charge in [0.2, 0.25) is 5.95 Å². The maximum atomic E-state index is 14.3. The van der Waals surface area contributed by atoms with Gasteiger partial charge in [0.15, 0.2) is 6.17 Å². The number of hydroxylamine groups is 1. The molecule has 0 radical (unpaired) electrons. The number of methoxy groups -OCH3 is 1. The van der Waals surface area contributed by atoms with Gasteiger partial charge in [-0.15, -0.1) is 5.48 Å². The molecule has 0 bridgehead atoms. The molecule has 0 aromatic carbocycles. The predicted octanol–water partition coefficient (Wildman–Crippen LogP) is 5.07. The Hall–Kier alpha value is -3.09. The van der Waals surface area contributed by atoms with Crippen molar-refractivity contribution in [2.75, 3.05) is 18.6 Å². The molecule has 5 heterocycles. The van der Waals surface area contributed by atoms with Crippen molar-refractivity contribution >= 4 is 34.7 Å². The third kappa shape index (κ3) is 5.19. The van der Waals surface area contributed by atoms with Gasteiger partial charge in [0.25, 0.3) is 6.43 Å². The maximum absolute atomic E-state index is 14.3. The van der Waals surface area contributed by atoms with E-state index in [2.05, 4.69) is 22.7 Å². The summed E-state index contributed by atoms with van der Waals surface area (Å²) >= 11 is 6.33. The second-order valence-corrected chi connectivity index (χ2v) is 11.5. The van der Waals surface area contributed by atoms with E-state index in [4.69, 9.17) is 31.1 Å². The SMILES string of the molecule is CO[C@@H]1C[C@@H](C(F)F)N(c2nc3cc(C4NOC(=O)N4)nc(-c4cncc(Cl)c4)c3n2CC2CCC(C)CC2)C1. The van der Waals surface area contributed by atoms with Gasteiger partial charge in [-0.05, 0) is 36.8 Å². The molecule has 0 spiro atoms. The standard InChI is InChI=1S/C27H32ClF2N7O3/c1-14-3-5-15(6-4-14)12-37-23-19(33-26(37)36-13-18(39-2)8-21(36)24(29)30)9-20(25-34-27(38)40-35-25)32-22(23)16-7-17(28)11-31-10-16/h7,9-11,14-15,18,21,24-25,35H,3-6,8,12-13H2,1-2H3,(H,34,38)/t14?,15?,18-,21+,25?/m1/s1. The number of imidazole rings is 1. The Kier molecular flexibility index (Phi) is 7.49. The van der Waals surface area contributed by atoms with Crippen molar-refractivity contribution in [3.8, 4) is 11.3 Å². The minimum absolute atomic E-state index is 0.211. The van der Waals surface area contributed by atoms with Crippen LogP contribution in [0, 0.1) is 11.8 Å². The number of rotatable bonds is 7. The quantitative estimate of drug-likeness (QED) is 0.402. The highest BCUT2D eigenvalue weighted by Gasteiger charge is 2.41. The lowest BCUT2D eigenvalue weighted by molar-refractivity contribution is 0.0869. The van der Waals surface area contributed by atoms with E-state index >= 15 is 0 Å². The first-order valence-electron chi connectivity index (χ1n) is 13.6. The number of alkyl halides is 2. The van der Waals surface area contributed by atoms with Gasteiger partial charge in [0.05, 0.1) is 39.6 Å². The summed E-state index contributed by atoms with van der Waals surface area (Å²) in [5, 5.41) is 3.10. The minimum Gasteiger partial charge on any atom is -0.380 e. The molecule has 1 unspecified atom stereocenters. The molecule has 3 aliphatic rings. The fourth-order valence-corrected chi connectivity index (χ4v) is 6.28. The van der Waals surface area contributed by atoms with Crippen LogP contribution in [0.5, 0.6) is 0 Å². The van der Waals surface area contributed by atoms with E-state index in [-0.39, 0.29) is 12.5 Å². The van der Waals surface area contributed by atoms with E-state index in [9.17, 15) is 13.6 Å². The first-order valence-corrected chi connectivity index (χ1v) is 14.0. The number of ether oxygens (including phenoxy) is 1. The molecule has 3 atom stereocenters. The molecule has 1 amide bonds. The van der Waals surface area contributed by atoms with Gasteiger partial charge in [0.1, 0.15) is 0 Å². The van der Waals surface area contributed by atoms with Crippen LogP contribution in [0.1, 0.15) is 50.9 Å². The van der Waals surface area contributed by atoms with Crippen LogP contribution < -0.4 is 15.7 Å². The Bertz CT molecular complexity index is 1400. The Morgan fingerprint density at radius 3 is 2.67 bits per heavy atom. The molecule has 2 aliphatic heterocycles. The van der Waals surface area contributed by atoms with E-state index < -0.39 is 24.7 Å². The lowest BCUT2D eigenvalue weighted by atomic mass is 9.83. The van der Waals surface area contributed by atoms with Crippen LogP contribution in [-0.2, 0) is 16.1 Å². The molecule has 13 heteroatoms. The number of pyridine rings is 2. The van der Waals surface area contributed by atoms with E-state index in [1.54, 1.807) is 30.3 Å². The van der Waals surface area contributed by atoms with Crippen LogP contribution >= 0.6 is 11.6 Å². The number of anilines is 1. The predicted molar refractivity (Wildman–Crippen MR) is 145 cm³/mol. The van der Waals surface area contributed by atoms with Crippen LogP contribution in [0.25, 0.3) is 22.3 Å². The van der Waals surface area contributed by atoms with Crippen molar-refractivity contribution in [1.82, 2.24) is 30.3 Å². The summed E-state index contributed by atoms with van der Waals surface area (Å²) < 4.78 is 36.2. The molecular weight excluding hydrogens is 544 g/mol. The molecule has 1 aliphatic carbocycles. The molecule has 214 valence electrons. The normalized spacial score (nSPS) is 27.0. The van der Waals surface area contributed by atoms with E-state index in [0.29, 0.717) is 63.9 Å². The number of hydrogen-bond donors (Lipinski definition) is 2. The highest BCUT2D eigenvalue weighted by atomic mass is 35.5. The second kappa shape index (κ2) is 11.1. The fourth-order valence-electron chi connectivity index (χ4n) is 6.11. The Morgan fingerprint density at radius 1 is 1.20 bits per heavy atom. The van der Waals surface area contributed by atoms with Crippen LogP contribution in [0.3, 0.4) is 0 Å². The Morgan fingerprint density at radius 2 is 2.00 bits per heavy atom. The largest absolute Gasteiger partial charge is 0.427 e. The van der Waals surface area contributed by atoms with Gasteiger partial charge < -0.3 is 19.0 Å². The number of hydrogen-bond acceptors (Lipinski definition) is 8. The average Bonchev–Trinajstić information content (AvgIpc) is 3.66. The zero-order valence-electron chi connectivity index (χ0n) is 22.3. The van der Waals surface area contributed by atoms with Crippen molar-refractivity contribution in [2.24, 2.45) is 11.8 Å². The van der Waals surface area contributed by atoms with Gasteiger partial charge >= 0.3 is 6.09 Å². The van der Waals surface area contributed by atoms with Crippen molar-refractivity contribution < 1.29 is 23.1 Å². The number of fused-ring (bicyclic) bond motifs is 1. The topological polar surface area (TPSA) is 106 Å². The van der Waals surface area contributed by atoms with Gasteiger partial charge in [-0.1, -0.05) is 31.4 Å². The average molecular weight is 576 g/mol. The zero-order chi connectivity index (χ0) is 28.0. The number of nitrogens with one attached hydrogen (secondary N) is 2. The first kappa shape index (κ1) is 27.1. The molecule has 3 aromatic rings. The second-order valence-electron chi connectivity index (χ2n) is 11.0. The van der Waals surface area contributed by atoms with Crippen molar-refractivity contribution in [2.45, 2.75) is 70.3 Å². The molecule has 3 fully saturated rings. The monoisotopic (exact) mass is 575 g/mol. The van der Waals surface area contributed by atoms with Crippen molar-refractivity contribution in [1.29, 1.82) is 0 Å². The summed E-state index contributed by atoms with van der Waals surface area (Å²) in [5.74, 6) is 1.51. The van der Waals surface area contributed by atoms with Crippen molar-refractivity contribution in [3.63, 3.8) is 0 Å². The van der Waals surface area contributed by atoms with E-state index in [1.165, 1.54) is 6.20 Å². The molecule has 2 saturated heterocycles. The Balaban J connectivity index is 1.55. The van der Waals surface area contributed by atoms with Crippen molar-refractivity contribution in [3.05, 3.63) is 35.2 Å². The number of nitrogens with zero attached hydrogens (tertiary/aromatic N) is 5. The summed E-state index contributed by atoms with van der Waals surface area (Å²) in [5.41, 5.74) is 5.56. The number of amides is 1. The molecule has 40 heavy (non-hydrogen) atoms. The lowest BCUT2D eigenvalue weighted by Gasteiger charge is -2.30. The Labute approximate surface area is 235 Å². The van der Waals surface area contributed by atoms with Crippen LogP contribution in [0.15, 0.2) is 24.5 Å². The summed E-state index contributed by atoms with van der Waals surface area (Å²) in [6.45, 7) is 3.19. The van der Waals surface area contributed by atoms with Crippen LogP contribution in [0.2, 0.25) is 5.02 Å². The fraction of sp³-hybridized carbons (Fsp3) is 0.556. The molecule has 3 aromatic heterocycles. The van der Waals surface area contributed by atoms with Gasteiger partial charge in [0, 0.05) is 44.6 Å². The summed E-state index contributed by atoms with van der Waals surface area (Å²) in [6.07, 6.45) is 3.52. The van der Waals surface area contributed by atoms with Gasteiger partial charge in [-0.3, -0.25) is 10.3 Å². The van der Waals surface area contributed by atoms with E-state index in [1.807, 2.05) is 4.57 Å². The summed E-state index contributed by atoms with van der Waals surface area (Å²) in [6, 6.07) is 2.49. The molecule has 2 N–H and O–H groups in total. The van der Waals surface area contributed by atoms with Gasteiger partial charge in [-0.25, -0.2) is 23.5 Å². The maximum Gasteiger partial charge on any atom is 0.427 e. The summed E-state index contributed by atoms with van der Waals surface area (Å²) in [4.78, 5) is 32.5. The highest BCUT2D eigenvalue weighted by Crippen LogP contribution is 2.39. The molecule has 6 rings (SSSR count). The zero-order valence-corrected chi connectivity index (χ0v) is 23.1. The third-order valence-electron chi connectivity index (χ3n) is 8.29. The number of aromatic nitrogens is 4. The number of carbonyl (C=O) groups excluding carboxylic acids is 1. The first-order chi connectivity index (χ1) is 19.3. The number of halogens is 3. The minimum atomic E-state index is -2.57. The smallest absolute Gasteiger partial charge is 0.380 e. The molecule has 1 saturated carbocycles. The molecular formula is C27H32ClF2N7O3. The van der Waals surface area contributed by atoms with Crippen LogP contribution in [0.4, 0.5) is 19.5 Å². The van der Waals surface area contributed by atoms with Gasteiger partial charge in [-0.2, -0.15) is 0 Å². The third-order valence-corrected chi connectivity index (χ3v) is 8.50. The molecule has 10 nitrogen and oxygen atoms in total. The summed E-state index contributed by atoms with van der Waals surface area (Å²) in [7, 11) is 1.55. The van der Waals surface area contributed by atoms with E-state index in [0.717, 1.165) is 25.7 Å². The highest BCUT2D eigenvalue weighted by molar-refractivity contribution is 6.30. The van der Waals surface area contributed by atoms with Crippen LogP contribution in [-0.4, -0.2) is 57.8 Å².